The number of hydrogen-bond donors (Lipinski definition) is 1. The van der Waals surface area contributed by atoms with Crippen LogP contribution in [0.25, 0.3) is 0 Å². The summed E-state index contributed by atoms with van der Waals surface area (Å²) in [6.07, 6.45) is -9.70. The highest BCUT2D eigenvalue weighted by Gasteiger charge is 2.38. The minimum atomic E-state index is -4.85. The highest BCUT2D eigenvalue weighted by Crippen LogP contribution is 2.40. The summed E-state index contributed by atoms with van der Waals surface area (Å²) < 4.78 is 76.7. The van der Waals surface area contributed by atoms with Crippen LogP contribution in [-0.2, 0) is 12.4 Å². The maximum atomic E-state index is 12.9. The first kappa shape index (κ1) is 20.6. The summed E-state index contributed by atoms with van der Waals surface area (Å²) in [5.74, 6) is 0. The quantitative estimate of drug-likeness (QED) is 0.310. The number of hydrogen-bond acceptors (Lipinski definition) is 2. The molecule has 1 rings (SSSR count). The maximum Gasteiger partial charge on any atom is 0.416 e. The second kappa shape index (κ2) is 6.81. The molecule has 0 amide bonds. The molecule has 132 valence electrons. The van der Waals surface area contributed by atoms with E-state index in [1.165, 1.54) is 0 Å². The van der Waals surface area contributed by atoms with Crippen molar-refractivity contribution in [3.8, 4) is 0 Å². The van der Waals surface area contributed by atoms with Crippen LogP contribution in [-0.4, -0.2) is 16.1 Å². The van der Waals surface area contributed by atoms with Gasteiger partial charge in [0.2, 0.25) is 0 Å². The number of thiol groups is 1. The molecule has 0 aliphatic rings. The Hall–Kier alpha value is -0.460. The molecule has 0 saturated heterocycles. The maximum absolute atomic E-state index is 12.9. The normalized spacial score (nSPS) is 17.2. The van der Waals surface area contributed by atoms with Crippen molar-refractivity contribution in [1.29, 1.82) is 0 Å². The zero-order valence-electron chi connectivity index (χ0n) is 12.8. The zero-order valence-corrected chi connectivity index (χ0v) is 14.8. The number of halogens is 6. The second-order valence-corrected chi connectivity index (χ2v) is 7.91. The van der Waals surface area contributed by atoms with Gasteiger partial charge in [-0.1, -0.05) is 6.92 Å². The fraction of sp³-hybridized carbons (Fsp3) is 0.571. The standard InChI is InChI=1S/C14H18F6NPS/c1-4-21(12(3,22)23)8(2)9-5-10(13(15,16)17)7-11(6-9)14(18,19)20/h5-8,23H,4,22H2,1-3H3/t8-,12-/m0/s1. The molecule has 3 atom stereocenters. The van der Waals surface area contributed by atoms with Gasteiger partial charge in [0.25, 0.3) is 0 Å². The molecule has 0 spiro atoms. The van der Waals surface area contributed by atoms with E-state index in [1.807, 2.05) is 0 Å². The highest BCUT2D eigenvalue weighted by atomic mass is 32.1. The first-order valence-corrected chi connectivity index (χ1v) is 7.77. The SMILES string of the molecule is CCN([C@@H](C)c1cc(C(F)(F)F)cc(C(F)(F)F)c1)[C@@](C)(P)S. The summed E-state index contributed by atoms with van der Waals surface area (Å²) in [4.78, 5) is 1.68. The van der Waals surface area contributed by atoms with E-state index in [0.717, 1.165) is 12.1 Å². The van der Waals surface area contributed by atoms with Crippen molar-refractivity contribution in [1.82, 2.24) is 4.90 Å². The van der Waals surface area contributed by atoms with Crippen LogP contribution >= 0.6 is 21.9 Å². The van der Waals surface area contributed by atoms with Gasteiger partial charge in [-0.3, -0.25) is 4.90 Å². The largest absolute Gasteiger partial charge is 0.416 e. The summed E-state index contributed by atoms with van der Waals surface area (Å²) >= 11 is 4.33. The number of rotatable bonds is 4. The van der Waals surface area contributed by atoms with Gasteiger partial charge in [-0.25, -0.2) is 0 Å². The molecule has 23 heavy (non-hydrogen) atoms. The first-order chi connectivity index (χ1) is 10.2. The molecule has 1 unspecified atom stereocenters. The molecule has 1 aromatic carbocycles. The van der Waals surface area contributed by atoms with E-state index < -0.39 is 34.1 Å². The number of nitrogens with zero attached hydrogens (tertiary/aromatic N) is 1. The summed E-state index contributed by atoms with van der Waals surface area (Å²) in [5.41, 5.74) is -2.68. The average Bonchev–Trinajstić information content (AvgIpc) is 2.35. The van der Waals surface area contributed by atoms with E-state index >= 15 is 0 Å². The lowest BCUT2D eigenvalue weighted by atomic mass is 9.99. The van der Waals surface area contributed by atoms with Crippen LogP contribution in [0.2, 0.25) is 0 Å². The lowest BCUT2D eigenvalue weighted by Gasteiger charge is -2.39. The van der Waals surface area contributed by atoms with Crippen molar-refractivity contribution in [2.45, 2.75) is 43.8 Å². The molecule has 0 fully saturated rings. The average molecular weight is 377 g/mol. The Bertz CT molecular complexity index is 517. The van der Waals surface area contributed by atoms with Gasteiger partial charge in [-0.05, 0) is 44.2 Å². The molecular weight excluding hydrogens is 359 g/mol. The van der Waals surface area contributed by atoms with Crippen LogP contribution in [0.4, 0.5) is 26.3 Å². The highest BCUT2D eigenvalue weighted by molar-refractivity contribution is 7.86. The third kappa shape index (κ3) is 5.26. The fourth-order valence-electron chi connectivity index (χ4n) is 2.39. The molecule has 0 saturated carbocycles. The third-order valence-electron chi connectivity index (χ3n) is 3.48. The topological polar surface area (TPSA) is 3.24 Å². The molecule has 9 heteroatoms. The van der Waals surface area contributed by atoms with Crippen LogP contribution < -0.4 is 0 Å². The Morgan fingerprint density at radius 3 is 1.70 bits per heavy atom. The van der Waals surface area contributed by atoms with Crippen molar-refractivity contribution in [2.75, 3.05) is 6.54 Å². The summed E-state index contributed by atoms with van der Waals surface area (Å²) in [7, 11) is 2.41. The van der Waals surface area contributed by atoms with Gasteiger partial charge in [-0.2, -0.15) is 39.0 Å². The van der Waals surface area contributed by atoms with Crippen LogP contribution in [0, 0.1) is 0 Å². The lowest BCUT2D eigenvalue weighted by Crippen LogP contribution is -2.38. The Kier molecular flexibility index (Phi) is 6.09. The van der Waals surface area contributed by atoms with E-state index in [1.54, 1.807) is 25.7 Å². The fourth-order valence-corrected chi connectivity index (χ4v) is 3.11. The van der Waals surface area contributed by atoms with E-state index in [4.69, 9.17) is 0 Å². The molecule has 0 aromatic heterocycles. The van der Waals surface area contributed by atoms with Crippen molar-refractivity contribution in [2.24, 2.45) is 0 Å². The van der Waals surface area contributed by atoms with Gasteiger partial charge >= 0.3 is 12.4 Å². The van der Waals surface area contributed by atoms with E-state index in [0.29, 0.717) is 6.54 Å². The van der Waals surface area contributed by atoms with Gasteiger partial charge in [0.05, 0.1) is 15.7 Å². The zero-order chi connectivity index (χ0) is 18.2. The monoisotopic (exact) mass is 377 g/mol. The van der Waals surface area contributed by atoms with Crippen molar-refractivity contribution < 1.29 is 26.3 Å². The van der Waals surface area contributed by atoms with Crippen molar-refractivity contribution in [3.05, 3.63) is 34.9 Å². The molecule has 0 radical (unpaired) electrons. The first-order valence-electron chi connectivity index (χ1n) is 6.75. The van der Waals surface area contributed by atoms with E-state index in [9.17, 15) is 26.3 Å². The van der Waals surface area contributed by atoms with Crippen molar-refractivity contribution >= 4 is 21.9 Å². The van der Waals surface area contributed by atoms with Gasteiger partial charge in [-0.15, -0.1) is 9.24 Å². The Morgan fingerprint density at radius 1 is 1.04 bits per heavy atom. The van der Waals surface area contributed by atoms with Gasteiger partial charge in [0.1, 0.15) is 0 Å². The van der Waals surface area contributed by atoms with Crippen LogP contribution in [0.15, 0.2) is 18.2 Å². The van der Waals surface area contributed by atoms with E-state index in [-0.39, 0.29) is 11.6 Å². The number of alkyl halides is 6. The van der Waals surface area contributed by atoms with Crippen LogP contribution in [0.3, 0.4) is 0 Å². The molecule has 0 N–H and O–H groups in total. The molecule has 0 heterocycles. The molecular formula is C14H18F6NPS. The Morgan fingerprint density at radius 2 is 1.43 bits per heavy atom. The Balaban J connectivity index is 3.46. The third-order valence-corrected chi connectivity index (χ3v) is 4.07. The molecule has 0 aliphatic carbocycles. The molecule has 0 aliphatic heterocycles. The minimum Gasteiger partial charge on any atom is -0.280 e. The predicted molar refractivity (Wildman–Crippen MR) is 84.3 cm³/mol. The smallest absolute Gasteiger partial charge is 0.280 e. The van der Waals surface area contributed by atoms with Gasteiger partial charge < -0.3 is 0 Å². The van der Waals surface area contributed by atoms with Crippen LogP contribution in [0.5, 0.6) is 0 Å². The summed E-state index contributed by atoms with van der Waals surface area (Å²) in [6.45, 7) is 5.41. The van der Waals surface area contributed by atoms with Crippen LogP contribution in [0.1, 0.15) is 43.5 Å². The summed E-state index contributed by atoms with van der Waals surface area (Å²) in [5, 5.41) is 0. The molecule has 1 aromatic rings. The minimum absolute atomic E-state index is 0.0586. The molecule has 0 bridgehead atoms. The predicted octanol–water partition coefficient (Wildman–Crippen LogP) is 5.59. The summed E-state index contributed by atoms with van der Waals surface area (Å²) in [6, 6.07) is 0.968. The lowest BCUT2D eigenvalue weighted by molar-refractivity contribution is -0.143. The second-order valence-electron chi connectivity index (χ2n) is 5.40. The number of benzene rings is 1. The van der Waals surface area contributed by atoms with Gasteiger partial charge in [0.15, 0.2) is 0 Å². The Labute approximate surface area is 139 Å². The molecule has 1 nitrogen and oxygen atoms in total. The van der Waals surface area contributed by atoms with Crippen molar-refractivity contribution in [3.63, 3.8) is 0 Å². The van der Waals surface area contributed by atoms with Gasteiger partial charge in [0, 0.05) is 6.04 Å². The van der Waals surface area contributed by atoms with E-state index in [2.05, 4.69) is 21.9 Å².